The number of carbonyl (C=O) groups is 2. The van der Waals surface area contributed by atoms with Gasteiger partial charge in [-0.2, -0.15) is 0 Å². The number of carboxylic acid groups (broad SMARTS) is 1. The van der Waals surface area contributed by atoms with Gasteiger partial charge in [-0.25, -0.2) is 0 Å². The summed E-state index contributed by atoms with van der Waals surface area (Å²) in [5, 5.41) is 12.1. The fourth-order valence-corrected chi connectivity index (χ4v) is 1.83. The van der Waals surface area contributed by atoms with Gasteiger partial charge in [-0.3, -0.25) is 9.59 Å². The van der Waals surface area contributed by atoms with E-state index in [0.717, 1.165) is 13.0 Å². The number of nitrogens with one attached hydrogen (secondary N) is 1. The minimum Gasteiger partial charge on any atom is -0.481 e. The van der Waals surface area contributed by atoms with E-state index in [4.69, 9.17) is 0 Å². The second kappa shape index (κ2) is 8.25. The van der Waals surface area contributed by atoms with E-state index in [1.165, 1.54) is 0 Å². The van der Waals surface area contributed by atoms with Crippen LogP contribution in [0.4, 0.5) is 0 Å². The molecule has 0 saturated heterocycles. The minimum atomic E-state index is -1.01. The molecule has 5 nitrogen and oxygen atoms in total. The molecular formula is C15H30N2O3. The fraction of sp³-hybridized carbons (Fsp3) is 0.867. The molecule has 2 atom stereocenters. The molecule has 0 aliphatic heterocycles. The average molecular weight is 286 g/mol. The number of amides is 1. The van der Waals surface area contributed by atoms with E-state index in [-0.39, 0.29) is 18.2 Å². The Balaban J connectivity index is 4.27. The van der Waals surface area contributed by atoms with Crippen LogP contribution in [-0.2, 0) is 9.59 Å². The lowest BCUT2D eigenvalue weighted by Crippen LogP contribution is -2.41. The van der Waals surface area contributed by atoms with E-state index >= 15 is 0 Å². The summed E-state index contributed by atoms with van der Waals surface area (Å²) in [7, 11) is 2.02. The van der Waals surface area contributed by atoms with Crippen molar-refractivity contribution in [3.05, 3.63) is 0 Å². The number of hydrogen-bond acceptors (Lipinski definition) is 3. The van der Waals surface area contributed by atoms with Crippen LogP contribution in [0.15, 0.2) is 0 Å². The van der Waals surface area contributed by atoms with Crippen LogP contribution in [0.1, 0.15) is 47.5 Å². The molecular weight excluding hydrogens is 256 g/mol. The standard InChI is InChI=1S/C15H30N2O3/c1-7-12(4)17(6)9-8-16-13(18)10-15(5,11(2)3)14(19)20/h11-12H,7-10H2,1-6H3,(H,16,18)(H,19,20). The van der Waals surface area contributed by atoms with E-state index in [0.29, 0.717) is 12.6 Å². The molecule has 20 heavy (non-hydrogen) atoms. The molecule has 0 radical (unpaired) electrons. The maximum atomic E-state index is 11.9. The number of likely N-dealkylation sites (N-methyl/N-ethyl adjacent to an activating group) is 1. The molecule has 0 rings (SSSR count). The van der Waals surface area contributed by atoms with E-state index in [1.54, 1.807) is 6.92 Å². The summed E-state index contributed by atoms with van der Waals surface area (Å²) in [5.41, 5.74) is -1.01. The molecule has 118 valence electrons. The topological polar surface area (TPSA) is 69.6 Å². The Morgan fingerprint density at radius 1 is 1.30 bits per heavy atom. The Hall–Kier alpha value is -1.10. The van der Waals surface area contributed by atoms with Gasteiger partial charge >= 0.3 is 5.97 Å². The largest absolute Gasteiger partial charge is 0.481 e. The second-order valence-corrected chi connectivity index (χ2v) is 6.14. The van der Waals surface area contributed by atoms with E-state index in [1.807, 2.05) is 20.9 Å². The predicted octanol–water partition coefficient (Wildman–Crippen LogP) is 1.97. The third-order valence-electron chi connectivity index (χ3n) is 4.42. The van der Waals surface area contributed by atoms with Crippen molar-refractivity contribution in [3.63, 3.8) is 0 Å². The lowest BCUT2D eigenvalue weighted by atomic mass is 9.76. The molecule has 0 aromatic rings. The van der Waals surface area contributed by atoms with Crippen LogP contribution in [0.2, 0.25) is 0 Å². The first-order chi connectivity index (χ1) is 9.15. The third-order valence-corrected chi connectivity index (χ3v) is 4.42. The first-order valence-electron chi connectivity index (χ1n) is 7.35. The lowest BCUT2D eigenvalue weighted by Gasteiger charge is -2.28. The van der Waals surface area contributed by atoms with Gasteiger partial charge in [0.1, 0.15) is 0 Å². The van der Waals surface area contributed by atoms with Crippen LogP contribution in [0.25, 0.3) is 0 Å². The summed E-state index contributed by atoms with van der Waals surface area (Å²) in [4.78, 5) is 25.4. The highest BCUT2D eigenvalue weighted by atomic mass is 16.4. The van der Waals surface area contributed by atoms with E-state index < -0.39 is 11.4 Å². The zero-order valence-corrected chi connectivity index (χ0v) is 13.7. The number of carboxylic acids is 1. The van der Waals surface area contributed by atoms with E-state index in [9.17, 15) is 14.7 Å². The number of hydrogen-bond donors (Lipinski definition) is 2. The Morgan fingerprint density at radius 3 is 2.25 bits per heavy atom. The van der Waals surface area contributed by atoms with Crippen molar-refractivity contribution in [2.75, 3.05) is 20.1 Å². The molecule has 0 aliphatic rings. The van der Waals surface area contributed by atoms with Gasteiger partial charge in [0.25, 0.3) is 0 Å². The van der Waals surface area contributed by atoms with Crippen LogP contribution in [0, 0.1) is 11.3 Å². The molecule has 0 fully saturated rings. The van der Waals surface area contributed by atoms with Gasteiger partial charge in [0, 0.05) is 25.6 Å². The second-order valence-electron chi connectivity index (χ2n) is 6.14. The fourth-order valence-electron chi connectivity index (χ4n) is 1.83. The normalized spacial score (nSPS) is 16.0. The van der Waals surface area contributed by atoms with Crippen LogP contribution in [0.3, 0.4) is 0 Å². The van der Waals surface area contributed by atoms with Crippen molar-refractivity contribution in [3.8, 4) is 0 Å². The minimum absolute atomic E-state index is 0.0209. The van der Waals surface area contributed by atoms with Gasteiger partial charge in [0.15, 0.2) is 0 Å². The molecule has 0 aromatic carbocycles. The number of aliphatic carboxylic acids is 1. The number of rotatable bonds is 9. The van der Waals surface area contributed by atoms with Gasteiger partial charge in [-0.15, -0.1) is 0 Å². The van der Waals surface area contributed by atoms with Gasteiger partial charge in [0.05, 0.1) is 5.41 Å². The molecule has 0 saturated carbocycles. The Bertz CT molecular complexity index is 331. The first kappa shape index (κ1) is 18.9. The predicted molar refractivity (Wildman–Crippen MR) is 80.6 cm³/mol. The molecule has 0 aliphatic carbocycles. The van der Waals surface area contributed by atoms with Gasteiger partial charge in [-0.05, 0) is 33.2 Å². The molecule has 1 amide bonds. The van der Waals surface area contributed by atoms with E-state index in [2.05, 4.69) is 24.1 Å². The SMILES string of the molecule is CCC(C)N(C)CCNC(=O)CC(C)(C(=O)O)C(C)C. The molecule has 0 heterocycles. The smallest absolute Gasteiger partial charge is 0.310 e. The molecule has 0 bridgehead atoms. The molecule has 2 unspecified atom stereocenters. The van der Waals surface area contributed by atoms with Crippen LogP contribution in [-0.4, -0.2) is 48.1 Å². The van der Waals surface area contributed by atoms with Crippen molar-refractivity contribution in [1.82, 2.24) is 10.2 Å². The van der Waals surface area contributed by atoms with Crippen molar-refractivity contribution in [2.45, 2.75) is 53.5 Å². The van der Waals surface area contributed by atoms with Crippen LogP contribution in [0.5, 0.6) is 0 Å². The van der Waals surface area contributed by atoms with Gasteiger partial charge in [0.2, 0.25) is 5.91 Å². The summed E-state index contributed by atoms with van der Waals surface area (Å²) in [5.74, 6) is -1.20. The highest BCUT2D eigenvalue weighted by Gasteiger charge is 2.38. The molecule has 0 aromatic heterocycles. The number of carbonyl (C=O) groups excluding carboxylic acids is 1. The van der Waals surface area contributed by atoms with Crippen molar-refractivity contribution in [1.29, 1.82) is 0 Å². The first-order valence-corrected chi connectivity index (χ1v) is 7.35. The number of nitrogens with zero attached hydrogens (tertiary/aromatic N) is 1. The Labute approximate surface area is 122 Å². The summed E-state index contributed by atoms with van der Waals surface area (Å²) < 4.78 is 0. The quantitative estimate of drug-likeness (QED) is 0.680. The zero-order valence-electron chi connectivity index (χ0n) is 13.7. The zero-order chi connectivity index (χ0) is 15.9. The molecule has 5 heteroatoms. The van der Waals surface area contributed by atoms with Crippen molar-refractivity contribution in [2.24, 2.45) is 11.3 Å². The highest BCUT2D eigenvalue weighted by Crippen LogP contribution is 2.31. The van der Waals surface area contributed by atoms with Crippen LogP contribution < -0.4 is 5.32 Å². The summed E-state index contributed by atoms with van der Waals surface area (Å²) in [6.07, 6.45) is 1.09. The van der Waals surface area contributed by atoms with Gasteiger partial charge < -0.3 is 15.3 Å². The van der Waals surface area contributed by atoms with Crippen molar-refractivity contribution < 1.29 is 14.7 Å². The summed E-state index contributed by atoms with van der Waals surface area (Å²) in [6, 6.07) is 0.479. The Kier molecular flexibility index (Phi) is 7.79. The van der Waals surface area contributed by atoms with Crippen molar-refractivity contribution >= 4 is 11.9 Å². The molecule has 0 spiro atoms. The Morgan fingerprint density at radius 2 is 1.85 bits per heavy atom. The molecule has 2 N–H and O–H groups in total. The third kappa shape index (κ3) is 5.49. The monoisotopic (exact) mass is 286 g/mol. The summed E-state index contributed by atoms with van der Waals surface area (Å²) >= 11 is 0. The highest BCUT2D eigenvalue weighted by molar-refractivity contribution is 5.84. The summed E-state index contributed by atoms with van der Waals surface area (Å²) in [6.45, 7) is 10.9. The maximum absolute atomic E-state index is 11.9. The van der Waals surface area contributed by atoms with Gasteiger partial charge in [-0.1, -0.05) is 20.8 Å². The van der Waals surface area contributed by atoms with Crippen LogP contribution >= 0.6 is 0 Å². The average Bonchev–Trinajstić information content (AvgIpc) is 2.36. The maximum Gasteiger partial charge on any atom is 0.310 e. The lowest BCUT2D eigenvalue weighted by molar-refractivity contribution is -0.153.